The van der Waals surface area contributed by atoms with E-state index in [-0.39, 0.29) is 53.7 Å². The van der Waals surface area contributed by atoms with Crippen LogP contribution in [-0.4, -0.2) is 77.6 Å². The van der Waals surface area contributed by atoms with Gasteiger partial charge < -0.3 is 34.7 Å². The molecule has 43 heavy (non-hydrogen) atoms. The van der Waals surface area contributed by atoms with Crippen LogP contribution in [-0.2, 0) is 6.54 Å². The molecule has 3 N–H and O–H groups in total. The molecule has 1 saturated heterocycles. The van der Waals surface area contributed by atoms with Gasteiger partial charge in [0.25, 0.3) is 0 Å². The first kappa shape index (κ1) is 29.3. The number of aliphatic hydroxyl groups is 1. The molecule has 0 amide bonds. The van der Waals surface area contributed by atoms with Crippen LogP contribution in [0.2, 0.25) is 0 Å². The third-order valence-electron chi connectivity index (χ3n) is 8.81. The second kappa shape index (κ2) is 12.5. The summed E-state index contributed by atoms with van der Waals surface area (Å²) in [5.74, 6) is -0.500. The Kier molecular flexibility index (Phi) is 8.50. The number of ether oxygens (including phenoxy) is 2. The third kappa shape index (κ3) is 6.03. The zero-order valence-corrected chi connectivity index (χ0v) is 25.2. The Morgan fingerprint density at radius 2 is 2.12 bits per heavy atom. The SMILES string of the molecule is CC1=CC=C(N2CCC[C@H](N(CC3=CC(C)NC=C3)Cc3cn4c5c(c(OCCO)c(F)cc5c3=O)OCC4C)C2)CN1. The first-order valence-electron chi connectivity index (χ1n) is 15.3. The minimum absolute atomic E-state index is 0.0534. The molecule has 6 rings (SSSR count). The molecule has 1 fully saturated rings. The number of benzene rings is 1. The number of dihydropyridines is 2. The quantitative estimate of drug-likeness (QED) is 0.408. The first-order valence-corrected chi connectivity index (χ1v) is 15.3. The first-order chi connectivity index (χ1) is 20.8. The van der Waals surface area contributed by atoms with Crippen molar-refractivity contribution in [2.75, 3.05) is 46.0 Å². The van der Waals surface area contributed by atoms with Crippen molar-refractivity contribution in [1.29, 1.82) is 0 Å². The Hall–Kier alpha value is -3.76. The summed E-state index contributed by atoms with van der Waals surface area (Å²) < 4.78 is 28.8. The number of hydrogen-bond acceptors (Lipinski definition) is 8. The van der Waals surface area contributed by atoms with Gasteiger partial charge in [-0.15, -0.1) is 0 Å². The molecule has 2 aromatic rings. The molecule has 0 saturated carbocycles. The summed E-state index contributed by atoms with van der Waals surface area (Å²) in [5, 5.41) is 16.3. The molecule has 5 heterocycles. The molecular formula is C33H42FN5O4. The molecule has 1 aromatic carbocycles. The lowest BCUT2D eigenvalue weighted by molar-refractivity contribution is 0.116. The summed E-state index contributed by atoms with van der Waals surface area (Å²) in [6, 6.07) is 1.68. The Balaban J connectivity index is 1.37. The predicted molar refractivity (Wildman–Crippen MR) is 166 cm³/mol. The van der Waals surface area contributed by atoms with Crippen LogP contribution in [0.1, 0.15) is 45.2 Å². The van der Waals surface area contributed by atoms with E-state index in [2.05, 4.69) is 58.6 Å². The topological polar surface area (TPSA) is 91.2 Å². The van der Waals surface area contributed by atoms with Crippen molar-refractivity contribution < 1.29 is 19.0 Å². The summed E-state index contributed by atoms with van der Waals surface area (Å²) in [7, 11) is 0. The zero-order chi connectivity index (χ0) is 30.1. The number of rotatable bonds is 9. The van der Waals surface area contributed by atoms with Gasteiger partial charge in [0, 0.05) is 61.4 Å². The molecule has 0 bridgehead atoms. The summed E-state index contributed by atoms with van der Waals surface area (Å²) in [6.45, 7) is 10.1. The van der Waals surface area contributed by atoms with Crippen LogP contribution in [0.15, 0.2) is 64.5 Å². The van der Waals surface area contributed by atoms with Gasteiger partial charge in [-0.3, -0.25) is 9.69 Å². The van der Waals surface area contributed by atoms with Crippen molar-refractivity contribution in [3.05, 3.63) is 81.3 Å². The van der Waals surface area contributed by atoms with Gasteiger partial charge in [0.1, 0.15) is 13.2 Å². The van der Waals surface area contributed by atoms with E-state index in [1.165, 1.54) is 23.0 Å². The average Bonchev–Trinajstić information content (AvgIpc) is 3.00. The molecule has 2 unspecified atom stereocenters. The molecule has 0 aliphatic carbocycles. The fraction of sp³-hybridized carbons (Fsp3) is 0.485. The van der Waals surface area contributed by atoms with Gasteiger partial charge in [0.15, 0.2) is 22.7 Å². The van der Waals surface area contributed by atoms with E-state index in [1.807, 2.05) is 23.9 Å². The van der Waals surface area contributed by atoms with Gasteiger partial charge in [-0.2, -0.15) is 0 Å². The van der Waals surface area contributed by atoms with E-state index in [0.29, 0.717) is 30.8 Å². The highest BCUT2D eigenvalue weighted by molar-refractivity contribution is 5.89. The molecule has 0 spiro atoms. The van der Waals surface area contributed by atoms with E-state index in [0.717, 1.165) is 32.5 Å². The van der Waals surface area contributed by atoms with Crippen molar-refractivity contribution in [1.82, 2.24) is 25.0 Å². The van der Waals surface area contributed by atoms with Crippen LogP contribution < -0.4 is 25.5 Å². The monoisotopic (exact) mass is 591 g/mol. The Morgan fingerprint density at radius 1 is 1.26 bits per heavy atom. The maximum atomic E-state index is 15.3. The van der Waals surface area contributed by atoms with Gasteiger partial charge in [0.2, 0.25) is 0 Å². The Bertz CT molecular complexity index is 1560. The van der Waals surface area contributed by atoms with Gasteiger partial charge in [-0.05, 0) is 69.7 Å². The molecule has 10 heteroatoms. The number of piperidine rings is 1. The van der Waals surface area contributed by atoms with Gasteiger partial charge in [-0.25, -0.2) is 4.39 Å². The van der Waals surface area contributed by atoms with Crippen LogP contribution in [0.3, 0.4) is 0 Å². The number of aliphatic hydroxyl groups excluding tert-OH is 1. The molecule has 4 aliphatic heterocycles. The highest BCUT2D eigenvalue weighted by Gasteiger charge is 2.31. The van der Waals surface area contributed by atoms with Crippen molar-refractivity contribution in [2.24, 2.45) is 0 Å². The maximum absolute atomic E-state index is 15.3. The Labute approximate surface area is 251 Å². The molecule has 9 nitrogen and oxygen atoms in total. The third-order valence-corrected chi connectivity index (χ3v) is 8.81. The van der Waals surface area contributed by atoms with Crippen molar-refractivity contribution in [3.8, 4) is 11.5 Å². The predicted octanol–water partition coefficient (Wildman–Crippen LogP) is 3.55. The highest BCUT2D eigenvalue weighted by Crippen LogP contribution is 2.41. The highest BCUT2D eigenvalue weighted by atomic mass is 19.1. The minimum atomic E-state index is -0.663. The number of likely N-dealkylation sites (tertiary alicyclic amines) is 1. The van der Waals surface area contributed by atoms with E-state index in [1.54, 1.807) is 0 Å². The summed E-state index contributed by atoms with van der Waals surface area (Å²) in [5.41, 5.74) is 4.65. The number of nitrogens with zero attached hydrogens (tertiary/aromatic N) is 3. The largest absolute Gasteiger partial charge is 0.485 e. The minimum Gasteiger partial charge on any atom is -0.485 e. The lowest BCUT2D eigenvalue weighted by atomic mass is 9.99. The normalized spacial score (nSPS) is 23.3. The number of allylic oxidation sites excluding steroid dienone is 3. The second-order valence-electron chi connectivity index (χ2n) is 12.1. The van der Waals surface area contributed by atoms with E-state index < -0.39 is 5.82 Å². The Morgan fingerprint density at radius 3 is 2.88 bits per heavy atom. The molecule has 3 atom stereocenters. The zero-order valence-electron chi connectivity index (χ0n) is 25.2. The molecule has 1 aromatic heterocycles. The standard InChI is InChI=1S/C33H42FN5O4/c1-21-6-7-26(15-36-21)37-10-4-5-27(19-37)38(16-24-8-9-35-22(2)13-24)17-25-18-39-23(3)20-43-33-30(39)28(31(25)41)14-29(34)32(33)42-12-11-40/h6-9,13-14,18,22-23,27,35-36,40H,4-5,10-12,15-17,19-20H2,1-3H3/t22?,23?,27-/m0/s1. The fourth-order valence-electron chi connectivity index (χ4n) is 6.56. The van der Waals surface area contributed by atoms with Crippen LogP contribution in [0, 0.1) is 5.82 Å². The number of pyridine rings is 1. The van der Waals surface area contributed by atoms with Crippen LogP contribution in [0.5, 0.6) is 11.5 Å². The number of aromatic nitrogens is 1. The van der Waals surface area contributed by atoms with Crippen molar-refractivity contribution >= 4 is 10.9 Å². The summed E-state index contributed by atoms with van der Waals surface area (Å²) in [6.07, 6.45) is 14.7. The summed E-state index contributed by atoms with van der Waals surface area (Å²) in [4.78, 5) is 18.9. The van der Waals surface area contributed by atoms with E-state index in [4.69, 9.17) is 9.47 Å². The lowest BCUT2D eigenvalue weighted by Gasteiger charge is -2.42. The molecular weight excluding hydrogens is 549 g/mol. The smallest absolute Gasteiger partial charge is 0.199 e. The number of hydrogen-bond donors (Lipinski definition) is 3. The van der Waals surface area contributed by atoms with Crippen molar-refractivity contribution in [2.45, 2.75) is 58.3 Å². The summed E-state index contributed by atoms with van der Waals surface area (Å²) >= 11 is 0. The van der Waals surface area contributed by atoms with Crippen LogP contribution >= 0.6 is 0 Å². The fourth-order valence-corrected chi connectivity index (χ4v) is 6.56. The second-order valence-corrected chi connectivity index (χ2v) is 12.1. The van der Waals surface area contributed by atoms with Gasteiger partial charge in [-0.1, -0.05) is 6.08 Å². The lowest BCUT2D eigenvalue weighted by Crippen LogP contribution is -2.49. The van der Waals surface area contributed by atoms with Gasteiger partial charge in [0.05, 0.1) is 30.1 Å². The molecule has 4 aliphatic rings. The van der Waals surface area contributed by atoms with Gasteiger partial charge >= 0.3 is 0 Å². The number of nitrogens with one attached hydrogen (secondary N) is 2. The maximum Gasteiger partial charge on any atom is 0.199 e. The van der Waals surface area contributed by atoms with E-state index in [9.17, 15) is 9.90 Å². The van der Waals surface area contributed by atoms with Crippen LogP contribution in [0.4, 0.5) is 4.39 Å². The number of halogens is 1. The van der Waals surface area contributed by atoms with Crippen molar-refractivity contribution in [3.63, 3.8) is 0 Å². The van der Waals surface area contributed by atoms with E-state index >= 15 is 4.39 Å². The van der Waals surface area contributed by atoms with Crippen LogP contribution in [0.25, 0.3) is 10.9 Å². The molecule has 0 radical (unpaired) electrons. The average molecular weight is 592 g/mol. The molecule has 230 valence electrons.